The fraction of sp³-hybridized carbons (Fsp3) is 0.158. The van der Waals surface area contributed by atoms with Gasteiger partial charge in [0.15, 0.2) is 0 Å². The summed E-state index contributed by atoms with van der Waals surface area (Å²) in [7, 11) is 0. The van der Waals surface area contributed by atoms with Crippen LogP contribution in [0, 0.1) is 0 Å². The molecule has 3 N–H and O–H groups in total. The summed E-state index contributed by atoms with van der Waals surface area (Å²) in [5.41, 5.74) is 10.1. The number of nitrogens with one attached hydrogen (secondary N) is 1. The van der Waals surface area contributed by atoms with Crippen molar-refractivity contribution in [2.45, 2.75) is 19.8 Å². The van der Waals surface area contributed by atoms with Gasteiger partial charge in [0, 0.05) is 34.1 Å². The first kappa shape index (κ1) is 15.8. The Kier molecular flexibility index (Phi) is 4.61. The lowest BCUT2D eigenvalue weighted by molar-refractivity contribution is -0.111. The second-order valence-electron chi connectivity index (χ2n) is 5.56. The smallest absolute Gasteiger partial charge is 0.248 e. The summed E-state index contributed by atoms with van der Waals surface area (Å²) >= 11 is 0. The van der Waals surface area contributed by atoms with Gasteiger partial charge in [0.25, 0.3) is 0 Å². The van der Waals surface area contributed by atoms with E-state index < -0.39 is 0 Å². The van der Waals surface area contributed by atoms with Crippen molar-refractivity contribution < 1.29 is 9.21 Å². The van der Waals surface area contributed by atoms with Gasteiger partial charge in [-0.05, 0) is 42.8 Å². The van der Waals surface area contributed by atoms with Gasteiger partial charge >= 0.3 is 0 Å². The number of carbonyl (C=O) groups is 1. The van der Waals surface area contributed by atoms with Crippen molar-refractivity contribution in [2.75, 3.05) is 11.1 Å². The van der Waals surface area contributed by atoms with Crippen LogP contribution in [0.25, 0.3) is 17.0 Å². The third kappa shape index (κ3) is 3.63. The second-order valence-corrected chi connectivity index (χ2v) is 5.56. The Balaban J connectivity index is 1.79. The zero-order chi connectivity index (χ0) is 16.9. The molecule has 3 rings (SSSR count). The van der Waals surface area contributed by atoms with Gasteiger partial charge < -0.3 is 15.5 Å². The van der Waals surface area contributed by atoms with E-state index in [1.807, 2.05) is 24.3 Å². The number of fused-ring (bicyclic) bond motifs is 1. The average molecular weight is 321 g/mol. The topological polar surface area (TPSA) is 81.1 Å². The Morgan fingerprint density at radius 3 is 2.96 bits per heavy atom. The molecule has 0 saturated carbocycles. The predicted molar refractivity (Wildman–Crippen MR) is 96.5 cm³/mol. The molecular formula is C19H19N3O2. The van der Waals surface area contributed by atoms with Gasteiger partial charge in [-0.15, -0.1) is 0 Å². The summed E-state index contributed by atoms with van der Waals surface area (Å²) in [6.45, 7) is 2.11. The molecule has 0 aliphatic heterocycles. The number of anilines is 2. The first-order valence-corrected chi connectivity index (χ1v) is 7.86. The fourth-order valence-electron chi connectivity index (χ4n) is 2.50. The number of aryl methyl sites for hydroxylation is 1. The molecule has 5 nitrogen and oxygen atoms in total. The van der Waals surface area contributed by atoms with E-state index in [9.17, 15) is 4.79 Å². The highest BCUT2D eigenvalue weighted by Gasteiger charge is 2.06. The molecule has 2 aromatic heterocycles. The molecular weight excluding hydrogens is 302 g/mol. The molecule has 1 aromatic carbocycles. The van der Waals surface area contributed by atoms with Gasteiger partial charge in [0.2, 0.25) is 5.91 Å². The van der Waals surface area contributed by atoms with Crippen molar-refractivity contribution in [3.05, 3.63) is 60.2 Å². The molecule has 3 aromatic rings. The van der Waals surface area contributed by atoms with Crippen LogP contribution in [-0.4, -0.2) is 10.9 Å². The monoisotopic (exact) mass is 321 g/mol. The summed E-state index contributed by atoms with van der Waals surface area (Å²) in [6, 6.07) is 9.22. The van der Waals surface area contributed by atoms with E-state index in [2.05, 4.69) is 17.2 Å². The van der Waals surface area contributed by atoms with Crippen molar-refractivity contribution in [3.8, 4) is 0 Å². The number of amides is 1. The van der Waals surface area contributed by atoms with Gasteiger partial charge in [0.05, 0.1) is 18.0 Å². The van der Waals surface area contributed by atoms with Crippen molar-refractivity contribution in [1.29, 1.82) is 0 Å². The normalized spacial score (nSPS) is 11.2. The van der Waals surface area contributed by atoms with Gasteiger partial charge in [-0.1, -0.05) is 13.3 Å². The second kappa shape index (κ2) is 7.00. The Morgan fingerprint density at radius 2 is 2.21 bits per heavy atom. The van der Waals surface area contributed by atoms with Crippen LogP contribution < -0.4 is 11.1 Å². The number of nitrogen functional groups attached to an aromatic ring is 1. The maximum Gasteiger partial charge on any atom is 0.248 e. The average Bonchev–Trinajstić information content (AvgIpc) is 3.07. The largest absolute Gasteiger partial charge is 0.472 e. The summed E-state index contributed by atoms with van der Waals surface area (Å²) < 4.78 is 4.95. The van der Waals surface area contributed by atoms with Crippen LogP contribution in [0.5, 0.6) is 0 Å². The molecule has 0 aliphatic carbocycles. The lowest BCUT2D eigenvalue weighted by Gasteiger charge is -2.08. The summed E-state index contributed by atoms with van der Waals surface area (Å²) in [6.07, 6.45) is 8.20. The molecule has 0 aliphatic rings. The van der Waals surface area contributed by atoms with Crippen LogP contribution in [0.2, 0.25) is 0 Å². The summed E-state index contributed by atoms with van der Waals surface area (Å²) in [5, 5.41) is 3.66. The van der Waals surface area contributed by atoms with Crippen molar-refractivity contribution in [3.63, 3.8) is 0 Å². The molecule has 0 fully saturated rings. The van der Waals surface area contributed by atoms with E-state index >= 15 is 0 Å². The fourth-order valence-corrected chi connectivity index (χ4v) is 2.50. The number of nitrogens with zero attached hydrogens (tertiary/aromatic N) is 1. The highest BCUT2D eigenvalue weighted by atomic mass is 16.3. The van der Waals surface area contributed by atoms with Crippen molar-refractivity contribution in [2.24, 2.45) is 0 Å². The predicted octanol–water partition coefficient (Wildman–Crippen LogP) is 4.01. The molecule has 0 unspecified atom stereocenters. The molecule has 0 atom stereocenters. The van der Waals surface area contributed by atoms with Crippen LogP contribution in [0.15, 0.2) is 53.4 Å². The number of carbonyl (C=O) groups excluding carboxylic acids is 1. The van der Waals surface area contributed by atoms with Crippen molar-refractivity contribution in [1.82, 2.24) is 4.98 Å². The van der Waals surface area contributed by atoms with Crippen LogP contribution >= 0.6 is 0 Å². The minimum Gasteiger partial charge on any atom is -0.472 e. The zero-order valence-electron chi connectivity index (χ0n) is 13.5. The van der Waals surface area contributed by atoms with Gasteiger partial charge in [-0.25, -0.2) is 0 Å². The van der Waals surface area contributed by atoms with Crippen LogP contribution in [0.3, 0.4) is 0 Å². The van der Waals surface area contributed by atoms with E-state index in [-0.39, 0.29) is 5.91 Å². The zero-order valence-corrected chi connectivity index (χ0v) is 13.5. The molecule has 5 heteroatoms. The Hall–Kier alpha value is -3.08. The summed E-state index contributed by atoms with van der Waals surface area (Å²) in [4.78, 5) is 16.6. The van der Waals surface area contributed by atoms with E-state index in [4.69, 9.17) is 10.2 Å². The molecule has 0 radical (unpaired) electrons. The van der Waals surface area contributed by atoms with Crippen molar-refractivity contribution >= 4 is 34.3 Å². The SMILES string of the molecule is CCCc1cc(N)c2cc(NC(=O)/C=C/c3ccoc3)ccc2n1. The Morgan fingerprint density at radius 1 is 1.33 bits per heavy atom. The van der Waals surface area contributed by atoms with E-state index in [0.29, 0.717) is 11.4 Å². The number of aromatic nitrogens is 1. The first-order valence-electron chi connectivity index (χ1n) is 7.86. The maximum atomic E-state index is 12.0. The Bertz CT molecular complexity index is 883. The van der Waals surface area contributed by atoms with Crippen LogP contribution in [0.1, 0.15) is 24.6 Å². The van der Waals surface area contributed by atoms with E-state index in [0.717, 1.165) is 35.0 Å². The lowest BCUT2D eigenvalue weighted by Crippen LogP contribution is -2.07. The standard InChI is InChI=1S/C19H19N3O2/c1-2-3-14-11-17(20)16-10-15(5-6-18(16)21-14)22-19(23)7-4-13-8-9-24-12-13/h4-12H,2-3H2,1H3,(H2,20,21)(H,22,23)/b7-4+. The van der Waals surface area contributed by atoms with Crippen LogP contribution in [-0.2, 0) is 11.2 Å². The number of hydrogen-bond acceptors (Lipinski definition) is 4. The minimum atomic E-state index is -0.218. The molecule has 2 heterocycles. The molecule has 0 saturated heterocycles. The quantitative estimate of drug-likeness (QED) is 0.696. The third-order valence-corrected chi connectivity index (χ3v) is 3.64. The molecule has 122 valence electrons. The number of rotatable bonds is 5. The highest BCUT2D eigenvalue weighted by Crippen LogP contribution is 2.24. The highest BCUT2D eigenvalue weighted by molar-refractivity contribution is 6.03. The number of nitrogens with two attached hydrogens (primary N) is 1. The third-order valence-electron chi connectivity index (χ3n) is 3.64. The Labute approximate surface area is 140 Å². The van der Waals surface area contributed by atoms with Crippen LogP contribution in [0.4, 0.5) is 11.4 Å². The molecule has 0 spiro atoms. The molecule has 1 amide bonds. The van der Waals surface area contributed by atoms with E-state index in [1.54, 1.807) is 24.7 Å². The number of benzene rings is 1. The summed E-state index contributed by atoms with van der Waals surface area (Å²) in [5.74, 6) is -0.218. The molecule has 24 heavy (non-hydrogen) atoms. The first-order chi connectivity index (χ1) is 11.7. The number of hydrogen-bond donors (Lipinski definition) is 2. The van der Waals surface area contributed by atoms with Gasteiger partial charge in [-0.2, -0.15) is 0 Å². The van der Waals surface area contributed by atoms with Gasteiger partial charge in [0.1, 0.15) is 0 Å². The number of furan rings is 1. The van der Waals surface area contributed by atoms with Gasteiger partial charge in [-0.3, -0.25) is 9.78 Å². The maximum absolute atomic E-state index is 12.0. The van der Waals surface area contributed by atoms with E-state index in [1.165, 1.54) is 6.08 Å². The lowest BCUT2D eigenvalue weighted by atomic mass is 10.1. The number of pyridine rings is 1. The minimum absolute atomic E-state index is 0.218. The molecule has 0 bridgehead atoms.